The highest BCUT2D eigenvalue weighted by atomic mass is 16.4. The number of pyridine rings is 1. The van der Waals surface area contributed by atoms with Crippen LogP contribution in [0.15, 0.2) is 36.5 Å². The van der Waals surface area contributed by atoms with E-state index in [4.69, 9.17) is 5.11 Å². The molecule has 0 spiro atoms. The zero-order chi connectivity index (χ0) is 23.3. The average Bonchev–Trinajstić information content (AvgIpc) is 3.27. The van der Waals surface area contributed by atoms with E-state index in [1.54, 1.807) is 30.5 Å². The normalized spacial score (nSPS) is 17.4. The van der Waals surface area contributed by atoms with E-state index in [0.717, 1.165) is 10.9 Å². The number of carboxylic acid groups (broad SMARTS) is 1. The van der Waals surface area contributed by atoms with Gasteiger partial charge < -0.3 is 25.4 Å². The number of rotatable bonds is 8. The molecule has 10 nitrogen and oxygen atoms in total. The number of carbonyl (C=O) groups is 5. The molecule has 3 amide bonds. The number of hydrogen-bond acceptors (Lipinski definition) is 6. The Labute approximate surface area is 184 Å². The lowest BCUT2D eigenvalue weighted by molar-refractivity contribution is -0.141. The highest BCUT2D eigenvalue weighted by molar-refractivity contribution is 6.00. The van der Waals surface area contributed by atoms with Crippen LogP contribution in [0.4, 0.5) is 0 Å². The first-order valence-corrected chi connectivity index (χ1v) is 10.2. The van der Waals surface area contributed by atoms with Crippen molar-refractivity contribution in [3.63, 3.8) is 0 Å². The zero-order valence-electron chi connectivity index (χ0n) is 17.5. The minimum atomic E-state index is -1.22. The summed E-state index contributed by atoms with van der Waals surface area (Å²) in [5, 5.41) is 14.6. The molecule has 3 N–H and O–H groups in total. The third kappa shape index (κ3) is 5.26. The van der Waals surface area contributed by atoms with Crippen LogP contribution < -0.4 is 10.6 Å². The first-order chi connectivity index (χ1) is 15.3. The molecule has 0 radical (unpaired) electrons. The minimum absolute atomic E-state index is 0.323. The van der Waals surface area contributed by atoms with E-state index in [1.165, 1.54) is 11.8 Å². The van der Waals surface area contributed by atoms with Gasteiger partial charge in [0, 0.05) is 23.7 Å². The smallest absolute Gasteiger partial charge is 0.305 e. The number of aldehydes is 1. The predicted molar refractivity (Wildman–Crippen MR) is 114 cm³/mol. The van der Waals surface area contributed by atoms with Crippen LogP contribution in [0.1, 0.15) is 36.5 Å². The predicted octanol–water partition coefficient (Wildman–Crippen LogP) is 0.503. The van der Waals surface area contributed by atoms with Gasteiger partial charge in [-0.25, -0.2) is 0 Å². The lowest BCUT2D eigenvalue weighted by atomic mass is 10.1. The second-order valence-electron chi connectivity index (χ2n) is 7.64. The van der Waals surface area contributed by atoms with Gasteiger partial charge in [0.1, 0.15) is 18.4 Å². The van der Waals surface area contributed by atoms with Crippen LogP contribution in [0, 0.1) is 0 Å². The van der Waals surface area contributed by atoms with Crippen molar-refractivity contribution in [3.8, 4) is 0 Å². The van der Waals surface area contributed by atoms with Gasteiger partial charge >= 0.3 is 5.97 Å². The topological polar surface area (TPSA) is 146 Å². The molecule has 3 atom stereocenters. The maximum Gasteiger partial charge on any atom is 0.305 e. The Morgan fingerprint density at radius 3 is 2.75 bits per heavy atom. The van der Waals surface area contributed by atoms with E-state index < -0.39 is 48.2 Å². The summed E-state index contributed by atoms with van der Waals surface area (Å²) in [4.78, 5) is 65.5. The molecule has 0 bridgehead atoms. The summed E-state index contributed by atoms with van der Waals surface area (Å²) >= 11 is 0. The van der Waals surface area contributed by atoms with E-state index >= 15 is 0 Å². The molecule has 1 aromatic carbocycles. The second kappa shape index (κ2) is 9.99. The van der Waals surface area contributed by atoms with Gasteiger partial charge in [-0.2, -0.15) is 0 Å². The number of aromatic nitrogens is 1. The summed E-state index contributed by atoms with van der Waals surface area (Å²) in [5.41, 5.74) is 1.12. The summed E-state index contributed by atoms with van der Waals surface area (Å²) in [5.74, 6) is -2.67. The Morgan fingerprint density at radius 2 is 2.03 bits per heavy atom. The average molecular weight is 440 g/mol. The number of nitrogens with one attached hydrogen (secondary N) is 2. The van der Waals surface area contributed by atoms with Crippen LogP contribution in [0.25, 0.3) is 10.9 Å². The molecule has 1 aliphatic rings. The van der Waals surface area contributed by atoms with Gasteiger partial charge in [0.05, 0.1) is 18.0 Å². The van der Waals surface area contributed by atoms with Crippen molar-refractivity contribution in [3.05, 3.63) is 42.1 Å². The van der Waals surface area contributed by atoms with E-state index in [9.17, 15) is 24.0 Å². The van der Waals surface area contributed by atoms with Gasteiger partial charge in [-0.15, -0.1) is 0 Å². The van der Waals surface area contributed by atoms with Crippen LogP contribution in [0.3, 0.4) is 0 Å². The molecular formula is C22H24N4O6. The van der Waals surface area contributed by atoms with Gasteiger partial charge in [0.15, 0.2) is 0 Å². The molecular weight excluding hydrogens is 416 g/mol. The number of benzene rings is 1. The molecule has 1 aliphatic heterocycles. The summed E-state index contributed by atoms with van der Waals surface area (Å²) in [6, 6.07) is 5.73. The maximum atomic E-state index is 12.9. The number of amides is 3. The molecule has 0 saturated carbocycles. The van der Waals surface area contributed by atoms with Crippen LogP contribution in [-0.4, -0.2) is 69.6 Å². The quantitative estimate of drug-likeness (QED) is 0.507. The summed E-state index contributed by atoms with van der Waals surface area (Å²) in [7, 11) is 0. The Hall–Kier alpha value is -3.82. The number of nitrogens with zero attached hydrogens (tertiary/aromatic N) is 2. The molecule has 2 aromatic rings. The highest BCUT2D eigenvalue weighted by Gasteiger charge is 2.37. The number of likely N-dealkylation sites (tertiary alicyclic amines) is 1. The Morgan fingerprint density at radius 1 is 1.25 bits per heavy atom. The third-order valence-corrected chi connectivity index (χ3v) is 5.31. The Balaban J connectivity index is 1.64. The van der Waals surface area contributed by atoms with Crippen molar-refractivity contribution in [1.82, 2.24) is 20.5 Å². The molecule has 2 heterocycles. The molecule has 0 aliphatic carbocycles. The van der Waals surface area contributed by atoms with Crippen molar-refractivity contribution in [1.29, 1.82) is 0 Å². The van der Waals surface area contributed by atoms with E-state index in [-0.39, 0.29) is 0 Å². The fourth-order valence-corrected chi connectivity index (χ4v) is 3.71. The molecule has 32 heavy (non-hydrogen) atoms. The second-order valence-corrected chi connectivity index (χ2v) is 7.64. The van der Waals surface area contributed by atoms with Crippen molar-refractivity contribution in [2.75, 3.05) is 6.54 Å². The van der Waals surface area contributed by atoms with Crippen LogP contribution >= 0.6 is 0 Å². The fourth-order valence-electron chi connectivity index (χ4n) is 3.71. The van der Waals surface area contributed by atoms with Crippen molar-refractivity contribution < 1.29 is 29.1 Å². The zero-order valence-corrected chi connectivity index (χ0v) is 17.5. The third-order valence-electron chi connectivity index (χ3n) is 5.31. The van der Waals surface area contributed by atoms with Crippen LogP contribution in [0.2, 0.25) is 0 Å². The van der Waals surface area contributed by atoms with Crippen molar-refractivity contribution >= 4 is 40.9 Å². The van der Waals surface area contributed by atoms with Gasteiger partial charge in [-0.05, 0) is 44.0 Å². The number of carbonyl (C=O) groups excluding carboxylic acids is 4. The summed E-state index contributed by atoms with van der Waals surface area (Å²) in [6.45, 7) is 1.86. The van der Waals surface area contributed by atoms with Gasteiger partial charge in [0.25, 0.3) is 5.91 Å². The molecule has 1 unspecified atom stereocenters. The maximum absolute atomic E-state index is 12.9. The van der Waals surface area contributed by atoms with E-state index in [2.05, 4.69) is 15.6 Å². The van der Waals surface area contributed by atoms with Gasteiger partial charge in [-0.3, -0.25) is 24.2 Å². The number of fused-ring (bicyclic) bond motifs is 1. The number of carboxylic acids is 1. The van der Waals surface area contributed by atoms with Crippen LogP contribution in [0.5, 0.6) is 0 Å². The standard InChI is InChI=1S/C22H24N4O6/c1-13(24-20(30)15-6-7-17-14(10-15)4-2-8-23-17)22(32)26-9-3-5-18(26)21(31)25-16(12-27)11-19(28)29/h2,4,6-8,10,12-13,16,18H,3,5,9,11H2,1H3,(H,24,30)(H,25,31)(H,28,29)/t13-,16-,18?/m0/s1. The lowest BCUT2D eigenvalue weighted by Gasteiger charge is -2.27. The molecule has 1 saturated heterocycles. The molecule has 10 heteroatoms. The first kappa shape index (κ1) is 22.9. The molecule has 1 fully saturated rings. The summed E-state index contributed by atoms with van der Waals surface area (Å²) in [6.07, 6.45) is 2.44. The largest absolute Gasteiger partial charge is 0.481 e. The van der Waals surface area contributed by atoms with Crippen molar-refractivity contribution in [2.24, 2.45) is 0 Å². The van der Waals surface area contributed by atoms with E-state index in [1.807, 2.05) is 6.07 Å². The fraction of sp³-hybridized carbons (Fsp3) is 0.364. The highest BCUT2D eigenvalue weighted by Crippen LogP contribution is 2.19. The molecule has 1 aromatic heterocycles. The number of aliphatic carboxylic acids is 1. The SMILES string of the molecule is C[C@H](NC(=O)c1ccc2ncccc2c1)C(=O)N1CCCC1C(=O)N[C@H](C=O)CC(=O)O. The minimum Gasteiger partial charge on any atom is -0.481 e. The van der Waals surface area contributed by atoms with Gasteiger partial charge in [-0.1, -0.05) is 6.07 Å². The number of hydrogen-bond donors (Lipinski definition) is 3. The Bertz CT molecular complexity index is 1060. The van der Waals surface area contributed by atoms with Crippen molar-refractivity contribution in [2.45, 2.75) is 44.3 Å². The van der Waals surface area contributed by atoms with E-state index in [0.29, 0.717) is 31.2 Å². The van der Waals surface area contributed by atoms with Gasteiger partial charge in [0.2, 0.25) is 11.8 Å². The first-order valence-electron chi connectivity index (χ1n) is 10.2. The summed E-state index contributed by atoms with van der Waals surface area (Å²) < 4.78 is 0. The lowest BCUT2D eigenvalue weighted by Crippen LogP contribution is -2.54. The van der Waals surface area contributed by atoms with Crippen LogP contribution in [-0.2, 0) is 19.2 Å². The molecule has 3 rings (SSSR count). The Kier molecular flexibility index (Phi) is 7.14. The molecule has 168 valence electrons. The monoisotopic (exact) mass is 440 g/mol.